The number of aryl methyl sites for hydroxylation is 2. The average molecular weight is 386 g/mol. The lowest BCUT2D eigenvalue weighted by Crippen LogP contribution is -2.46. The van der Waals surface area contributed by atoms with Crippen LogP contribution >= 0.6 is 0 Å². The lowest BCUT2D eigenvalue weighted by Gasteiger charge is -2.39. The van der Waals surface area contributed by atoms with Gasteiger partial charge in [-0.25, -0.2) is 15.0 Å². The lowest BCUT2D eigenvalue weighted by molar-refractivity contribution is 0.485. The highest BCUT2D eigenvalue weighted by Gasteiger charge is 2.34. The Hall–Kier alpha value is -3.29. The molecule has 29 heavy (non-hydrogen) atoms. The molecule has 0 spiro atoms. The van der Waals surface area contributed by atoms with Crippen molar-refractivity contribution in [2.24, 2.45) is 7.05 Å². The Labute approximate surface area is 168 Å². The van der Waals surface area contributed by atoms with Crippen LogP contribution < -0.4 is 4.90 Å². The maximum Gasteiger partial charge on any atom is 0.179 e. The number of aromatic nitrogens is 7. The van der Waals surface area contributed by atoms with Crippen LogP contribution in [-0.2, 0) is 7.05 Å². The second-order valence-electron chi connectivity index (χ2n) is 8.11. The minimum atomic E-state index is 0.403. The SMILES string of the molecule is Cc1cnn(-c2cc(N3CC(c4nc5ccccc5n4C)C3)nc(C3CC3)n2)n1. The molecule has 8 nitrogen and oxygen atoms in total. The first-order chi connectivity index (χ1) is 14.2. The van der Waals surface area contributed by atoms with Crippen LogP contribution in [0.4, 0.5) is 5.82 Å². The van der Waals surface area contributed by atoms with Crippen LogP contribution in [0.3, 0.4) is 0 Å². The van der Waals surface area contributed by atoms with Crippen LogP contribution in [0, 0.1) is 6.92 Å². The Morgan fingerprint density at radius 3 is 2.48 bits per heavy atom. The maximum atomic E-state index is 4.87. The number of rotatable bonds is 4. The van der Waals surface area contributed by atoms with E-state index in [2.05, 4.69) is 44.9 Å². The van der Waals surface area contributed by atoms with E-state index in [-0.39, 0.29) is 0 Å². The van der Waals surface area contributed by atoms with Crippen molar-refractivity contribution in [2.75, 3.05) is 18.0 Å². The van der Waals surface area contributed by atoms with E-state index >= 15 is 0 Å². The van der Waals surface area contributed by atoms with Crippen molar-refractivity contribution in [3.8, 4) is 5.82 Å². The Kier molecular flexibility index (Phi) is 3.50. The van der Waals surface area contributed by atoms with Gasteiger partial charge in [-0.2, -0.15) is 10.2 Å². The van der Waals surface area contributed by atoms with Crippen LogP contribution in [0.5, 0.6) is 0 Å². The summed E-state index contributed by atoms with van der Waals surface area (Å²) in [4.78, 5) is 18.4. The largest absolute Gasteiger partial charge is 0.355 e. The monoisotopic (exact) mass is 386 g/mol. The normalized spacial score (nSPS) is 17.1. The van der Waals surface area contributed by atoms with Crippen molar-refractivity contribution in [1.82, 2.24) is 34.5 Å². The second-order valence-corrected chi connectivity index (χ2v) is 8.11. The van der Waals surface area contributed by atoms with Gasteiger partial charge in [-0.1, -0.05) is 12.1 Å². The summed E-state index contributed by atoms with van der Waals surface area (Å²) in [5, 5.41) is 8.76. The number of anilines is 1. The number of benzene rings is 1. The number of hydrogen-bond donors (Lipinski definition) is 0. The third-order valence-electron chi connectivity index (χ3n) is 5.86. The molecule has 1 aromatic carbocycles. The number of imidazole rings is 1. The summed E-state index contributed by atoms with van der Waals surface area (Å²) in [5.41, 5.74) is 3.12. The third kappa shape index (κ3) is 2.78. The molecule has 4 heterocycles. The number of hydrogen-bond acceptors (Lipinski definition) is 6. The highest BCUT2D eigenvalue weighted by atomic mass is 15.5. The Bertz CT molecular complexity index is 1210. The molecule has 2 aliphatic rings. The van der Waals surface area contributed by atoms with E-state index in [4.69, 9.17) is 15.0 Å². The quantitative estimate of drug-likeness (QED) is 0.537. The van der Waals surface area contributed by atoms with Gasteiger partial charge in [0, 0.05) is 32.1 Å². The van der Waals surface area contributed by atoms with E-state index in [9.17, 15) is 0 Å². The minimum Gasteiger partial charge on any atom is -0.355 e. The summed E-state index contributed by atoms with van der Waals surface area (Å²) in [6, 6.07) is 10.3. The molecule has 0 unspecified atom stereocenters. The molecule has 0 bridgehead atoms. The molecule has 4 aromatic rings. The molecule has 1 saturated carbocycles. The van der Waals surface area contributed by atoms with E-state index < -0.39 is 0 Å². The summed E-state index contributed by atoms with van der Waals surface area (Å²) < 4.78 is 2.22. The number of fused-ring (bicyclic) bond motifs is 1. The van der Waals surface area contributed by atoms with Gasteiger partial charge in [0.05, 0.1) is 28.8 Å². The van der Waals surface area contributed by atoms with Crippen molar-refractivity contribution < 1.29 is 0 Å². The Morgan fingerprint density at radius 2 is 1.76 bits per heavy atom. The number of nitrogens with zero attached hydrogens (tertiary/aromatic N) is 8. The molecule has 1 aliphatic heterocycles. The molecule has 146 valence electrons. The summed E-state index contributed by atoms with van der Waals surface area (Å²) in [6.07, 6.45) is 4.08. The number of para-hydroxylation sites is 2. The van der Waals surface area contributed by atoms with Gasteiger partial charge in [0.15, 0.2) is 5.82 Å². The Morgan fingerprint density at radius 1 is 0.966 bits per heavy atom. The van der Waals surface area contributed by atoms with Gasteiger partial charge < -0.3 is 9.47 Å². The van der Waals surface area contributed by atoms with Gasteiger partial charge in [-0.3, -0.25) is 0 Å². The van der Waals surface area contributed by atoms with E-state index in [1.807, 2.05) is 19.1 Å². The van der Waals surface area contributed by atoms with Crippen molar-refractivity contribution in [3.63, 3.8) is 0 Å². The van der Waals surface area contributed by atoms with Crippen LogP contribution in [0.25, 0.3) is 16.9 Å². The van der Waals surface area contributed by atoms with Gasteiger partial charge in [-0.05, 0) is 31.9 Å². The fraction of sp³-hybridized carbons (Fsp3) is 0.381. The van der Waals surface area contributed by atoms with Gasteiger partial charge in [0.25, 0.3) is 0 Å². The molecule has 2 fully saturated rings. The summed E-state index contributed by atoms with van der Waals surface area (Å²) in [6.45, 7) is 3.75. The van der Waals surface area contributed by atoms with Crippen LogP contribution in [-0.4, -0.2) is 47.6 Å². The molecule has 0 amide bonds. The summed E-state index contributed by atoms with van der Waals surface area (Å²) >= 11 is 0. The molecule has 0 N–H and O–H groups in total. The molecular weight excluding hydrogens is 364 g/mol. The molecule has 1 saturated heterocycles. The van der Waals surface area contributed by atoms with Crippen molar-refractivity contribution >= 4 is 16.9 Å². The zero-order chi connectivity index (χ0) is 19.5. The summed E-state index contributed by atoms with van der Waals surface area (Å²) in [5.74, 6) is 4.64. The fourth-order valence-electron chi connectivity index (χ4n) is 4.04. The van der Waals surface area contributed by atoms with Gasteiger partial charge in [0.1, 0.15) is 17.5 Å². The van der Waals surface area contributed by atoms with Gasteiger partial charge in [-0.15, -0.1) is 4.80 Å². The molecule has 3 aromatic heterocycles. The smallest absolute Gasteiger partial charge is 0.179 e. The third-order valence-corrected chi connectivity index (χ3v) is 5.86. The van der Waals surface area contributed by atoms with E-state index in [0.717, 1.165) is 60.4 Å². The first-order valence-electron chi connectivity index (χ1n) is 10.1. The highest BCUT2D eigenvalue weighted by molar-refractivity contribution is 5.76. The molecular formula is C21H22N8. The van der Waals surface area contributed by atoms with E-state index in [1.165, 1.54) is 5.52 Å². The Balaban J connectivity index is 1.29. The van der Waals surface area contributed by atoms with E-state index in [0.29, 0.717) is 11.8 Å². The predicted molar refractivity (Wildman–Crippen MR) is 109 cm³/mol. The van der Waals surface area contributed by atoms with E-state index in [1.54, 1.807) is 11.0 Å². The standard InChI is InChI=1S/C21H22N8/c1-13-10-22-29(26-13)19-9-18(24-20(25-19)14-7-8-14)28-11-15(12-28)21-23-16-5-3-4-6-17(16)27(21)2/h3-6,9-10,14-15H,7-8,11-12H2,1-2H3. The molecule has 8 heteroatoms. The first-order valence-corrected chi connectivity index (χ1v) is 10.1. The topological polar surface area (TPSA) is 77.5 Å². The second kappa shape index (κ2) is 6.10. The molecule has 0 radical (unpaired) electrons. The zero-order valence-corrected chi connectivity index (χ0v) is 16.5. The molecule has 6 rings (SSSR count). The van der Waals surface area contributed by atoms with Crippen molar-refractivity contribution in [3.05, 3.63) is 53.9 Å². The maximum absolute atomic E-state index is 4.87. The minimum absolute atomic E-state index is 0.403. The molecule has 1 aliphatic carbocycles. The van der Waals surface area contributed by atoms with Crippen LogP contribution in [0.2, 0.25) is 0 Å². The van der Waals surface area contributed by atoms with Crippen LogP contribution in [0.15, 0.2) is 36.5 Å². The fourth-order valence-corrected chi connectivity index (χ4v) is 4.04. The first kappa shape index (κ1) is 16.6. The van der Waals surface area contributed by atoms with Gasteiger partial charge >= 0.3 is 0 Å². The van der Waals surface area contributed by atoms with Crippen LogP contribution in [0.1, 0.15) is 42.0 Å². The highest BCUT2D eigenvalue weighted by Crippen LogP contribution is 2.40. The van der Waals surface area contributed by atoms with Crippen molar-refractivity contribution in [1.29, 1.82) is 0 Å². The zero-order valence-electron chi connectivity index (χ0n) is 16.5. The average Bonchev–Trinajstić information content (AvgIpc) is 3.38. The predicted octanol–water partition coefficient (Wildman–Crippen LogP) is 2.73. The molecule has 0 atom stereocenters. The lowest BCUT2D eigenvalue weighted by atomic mass is 9.99. The summed E-state index contributed by atoms with van der Waals surface area (Å²) in [7, 11) is 2.10. The van der Waals surface area contributed by atoms with Gasteiger partial charge in [0.2, 0.25) is 0 Å². The van der Waals surface area contributed by atoms with Crippen molar-refractivity contribution in [2.45, 2.75) is 31.6 Å².